The first-order valence-electron chi connectivity index (χ1n) is 6.96. The Morgan fingerprint density at radius 1 is 1.27 bits per heavy atom. The number of thioether (sulfide) groups is 1. The first kappa shape index (κ1) is 14.9. The molecule has 1 saturated heterocycles. The molecule has 3 rings (SSSR count). The Bertz CT molecular complexity index is 739. The van der Waals surface area contributed by atoms with Crippen molar-refractivity contribution in [2.75, 3.05) is 4.90 Å². The molecule has 5 heteroatoms. The van der Waals surface area contributed by atoms with E-state index in [4.69, 9.17) is 12.2 Å². The van der Waals surface area contributed by atoms with E-state index in [1.165, 1.54) is 17.3 Å². The van der Waals surface area contributed by atoms with Crippen LogP contribution in [-0.4, -0.2) is 15.2 Å². The lowest BCUT2D eigenvalue weighted by Gasteiger charge is -2.14. The lowest BCUT2D eigenvalue weighted by atomic mass is 10.1. The minimum absolute atomic E-state index is 0.0805. The van der Waals surface area contributed by atoms with Gasteiger partial charge in [-0.3, -0.25) is 14.7 Å². The fourth-order valence-electron chi connectivity index (χ4n) is 2.18. The van der Waals surface area contributed by atoms with Crippen LogP contribution < -0.4 is 4.90 Å². The zero-order chi connectivity index (χ0) is 15.5. The van der Waals surface area contributed by atoms with Crippen molar-refractivity contribution in [3.05, 3.63) is 64.8 Å². The second-order valence-corrected chi connectivity index (χ2v) is 6.50. The molecule has 0 aliphatic carbocycles. The maximum Gasteiger partial charge on any atom is 0.270 e. The van der Waals surface area contributed by atoms with Gasteiger partial charge >= 0.3 is 0 Å². The highest BCUT2D eigenvalue weighted by Crippen LogP contribution is 2.35. The van der Waals surface area contributed by atoms with Gasteiger partial charge in [0.05, 0.1) is 10.6 Å². The van der Waals surface area contributed by atoms with Crippen molar-refractivity contribution in [2.24, 2.45) is 0 Å². The minimum atomic E-state index is -0.0805. The van der Waals surface area contributed by atoms with E-state index in [9.17, 15) is 4.79 Å². The van der Waals surface area contributed by atoms with Crippen molar-refractivity contribution < 1.29 is 4.79 Å². The Morgan fingerprint density at radius 3 is 2.68 bits per heavy atom. The van der Waals surface area contributed by atoms with Gasteiger partial charge < -0.3 is 0 Å². The molecule has 110 valence electrons. The quantitative estimate of drug-likeness (QED) is 0.629. The van der Waals surface area contributed by atoms with Crippen molar-refractivity contribution >= 4 is 46.0 Å². The summed E-state index contributed by atoms with van der Waals surface area (Å²) < 4.78 is 0.560. The molecule has 0 atom stereocenters. The molecule has 1 amide bonds. The van der Waals surface area contributed by atoms with Crippen LogP contribution in [0.5, 0.6) is 0 Å². The van der Waals surface area contributed by atoms with Gasteiger partial charge in [0.2, 0.25) is 0 Å². The highest BCUT2D eigenvalue weighted by molar-refractivity contribution is 8.27. The predicted octanol–water partition coefficient (Wildman–Crippen LogP) is 4.05. The van der Waals surface area contributed by atoms with E-state index in [-0.39, 0.29) is 5.91 Å². The third-order valence-corrected chi connectivity index (χ3v) is 4.68. The van der Waals surface area contributed by atoms with Gasteiger partial charge in [-0.25, -0.2) is 0 Å². The number of carbonyl (C=O) groups is 1. The molecule has 1 aromatic heterocycles. The van der Waals surface area contributed by atoms with Crippen molar-refractivity contribution in [3.63, 3.8) is 0 Å². The minimum Gasteiger partial charge on any atom is -0.268 e. The molecule has 1 aliphatic rings. The molecular formula is C17H14N2OS2. The number of thiocarbonyl (C=S) groups is 1. The SMILES string of the molecule is CCc1ccc(N2C(=O)C(=Cc3cccnc3)SC2=S)cc1. The van der Waals surface area contributed by atoms with Gasteiger partial charge in [-0.05, 0) is 41.8 Å². The van der Waals surface area contributed by atoms with Crippen LogP contribution in [0, 0.1) is 0 Å². The maximum absolute atomic E-state index is 12.6. The van der Waals surface area contributed by atoms with Gasteiger partial charge in [0.25, 0.3) is 5.91 Å². The Labute approximate surface area is 139 Å². The fraction of sp³-hybridized carbons (Fsp3) is 0.118. The average molecular weight is 326 g/mol. The summed E-state index contributed by atoms with van der Waals surface area (Å²) in [7, 11) is 0. The summed E-state index contributed by atoms with van der Waals surface area (Å²) in [6.07, 6.45) is 6.23. The molecule has 2 aromatic rings. The lowest BCUT2D eigenvalue weighted by molar-refractivity contribution is -0.113. The Kier molecular flexibility index (Phi) is 4.36. The number of amides is 1. The van der Waals surface area contributed by atoms with E-state index in [1.807, 2.05) is 42.5 Å². The van der Waals surface area contributed by atoms with Crippen molar-refractivity contribution in [1.29, 1.82) is 0 Å². The summed E-state index contributed by atoms with van der Waals surface area (Å²) in [6.45, 7) is 2.10. The topological polar surface area (TPSA) is 33.2 Å². The molecule has 0 bridgehead atoms. The lowest BCUT2D eigenvalue weighted by Crippen LogP contribution is -2.27. The molecule has 22 heavy (non-hydrogen) atoms. The van der Waals surface area contributed by atoms with E-state index < -0.39 is 0 Å². The number of hydrogen-bond donors (Lipinski definition) is 0. The Balaban J connectivity index is 1.89. The molecule has 3 nitrogen and oxygen atoms in total. The Morgan fingerprint density at radius 2 is 2.05 bits per heavy atom. The summed E-state index contributed by atoms with van der Waals surface area (Å²) in [4.78, 5) is 18.9. The second-order valence-electron chi connectivity index (χ2n) is 4.82. The number of nitrogens with zero attached hydrogens (tertiary/aromatic N) is 2. The van der Waals surface area contributed by atoms with Crippen LogP contribution in [0.4, 0.5) is 5.69 Å². The van der Waals surface area contributed by atoms with E-state index in [2.05, 4.69) is 11.9 Å². The van der Waals surface area contributed by atoms with Gasteiger partial charge in [-0.15, -0.1) is 0 Å². The van der Waals surface area contributed by atoms with Gasteiger partial charge in [-0.1, -0.05) is 49.1 Å². The number of hydrogen-bond acceptors (Lipinski definition) is 4. The summed E-state index contributed by atoms with van der Waals surface area (Å²) >= 11 is 6.69. The molecular weight excluding hydrogens is 312 g/mol. The molecule has 0 radical (unpaired) electrons. The first-order valence-corrected chi connectivity index (χ1v) is 8.18. The number of pyridine rings is 1. The van der Waals surface area contributed by atoms with Crippen molar-refractivity contribution in [2.45, 2.75) is 13.3 Å². The third-order valence-electron chi connectivity index (χ3n) is 3.38. The van der Waals surface area contributed by atoms with Gasteiger partial charge in [0, 0.05) is 12.4 Å². The fourth-order valence-corrected chi connectivity index (χ4v) is 3.48. The third kappa shape index (κ3) is 2.96. The van der Waals surface area contributed by atoms with Gasteiger partial charge in [-0.2, -0.15) is 0 Å². The number of rotatable bonds is 3. The molecule has 1 fully saturated rings. The van der Waals surface area contributed by atoms with Crippen LogP contribution in [0.1, 0.15) is 18.1 Å². The number of benzene rings is 1. The molecule has 2 heterocycles. The number of carbonyl (C=O) groups excluding carboxylic acids is 1. The van der Waals surface area contributed by atoms with Crippen LogP contribution in [0.25, 0.3) is 6.08 Å². The van der Waals surface area contributed by atoms with E-state index >= 15 is 0 Å². The molecule has 0 unspecified atom stereocenters. The van der Waals surface area contributed by atoms with Crippen LogP contribution in [-0.2, 0) is 11.2 Å². The number of aryl methyl sites for hydroxylation is 1. The molecule has 1 aromatic carbocycles. The second kappa shape index (κ2) is 6.42. The molecule has 0 saturated carbocycles. The molecule has 1 aliphatic heterocycles. The van der Waals surface area contributed by atoms with Crippen molar-refractivity contribution in [1.82, 2.24) is 4.98 Å². The summed E-state index contributed by atoms with van der Waals surface area (Å²) in [5.74, 6) is -0.0805. The zero-order valence-electron chi connectivity index (χ0n) is 12.0. The summed E-state index contributed by atoms with van der Waals surface area (Å²) in [5, 5.41) is 0. The standard InChI is InChI=1S/C17H14N2OS2/c1-2-12-5-7-14(8-6-12)19-16(20)15(22-17(19)21)10-13-4-3-9-18-11-13/h3-11H,2H2,1H3. The van der Waals surface area contributed by atoms with Crippen LogP contribution >= 0.6 is 24.0 Å². The molecule has 0 N–H and O–H groups in total. The van der Waals surface area contributed by atoms with Gasteiger partial charge in [0.15, 0.2) is 4.32 Å². The van der Waals surface area contributed by atoms with Gasteiger partial charge in [0.1, 0.15) is 0 Å². The van der Waals surface area contributed by atoms with Crippen molar-refractivity contribution in [3.8, 4) is 0 Å². The predicted molar refractivity (Wildman–Crippen MR) is 95.7 cm³/mol. The summed E-state index contributed by atoms with van der Waals surface area (Å²) in [5.41, 5.74) is 2.94. The first-order chi connectivity index (χ1) is 10.7. The number of anilines is 1. The Hall–Kier alpha value is -1.98. The molecule has 0 spiro atoms. The monoisotopic (exact) mass is 326 g/mol. The number of aromatic nitrogens is 1. The highest BCUT2D eigenvalue weighted by Gasteiger charge is 2.33. The van der Waals surface area contributed by atoms with Crippen LogP contribution in [0.2, 0.25) is 0 Å². The largest absolute Gasteiger partial charge is 0.270 e. The maximum atomic E-state index is 12.6. The normalized spacial score (nSPS) is 16.6. The summed E-state index contributed by atoms with van der Waals surface area (Å²) in [6, 6.07) is 11.7. The smallest absolute Gasteiger partial charge is 0.268 e. The van der Waals surface area contributed by atoms with E-state index in [1.54, 1.807) is 17.3 Å². The highest BCUT2D eigenvalue weighted by atomic mass is 32.2. The van der Waals surface area contributed by atoms with E-state index in [0.717, 1.165) is 17.7 Å². The van der Waals surface area contributed by atoms with E-state index in [0.29, 0.717) is 9.23 Å². The zero-order valence-corrected chi connectivity index (χ0v) is 13.7. The van der Waals surface area contributed by atoms with Crippen LogP contribution in [0.3, 0.4) is 0 Å². The van der Waals surface area contributed by atoms with Crippen LogP contribution in [0.15, 0.2) is 53.7 Å². The average Bonchev–Trinajstić information content (AvgIpc) is 2.82.